The van der Waals surface area contributed by atoms with Gasteiger partial charge in [-0.3, -0.25) is 4.79 Å². The lowest BCUT2D eigenvalue weighted by atomic mass is 9.93. The Kier molecular flexibility index (Phi) is 5.89. The summed E-state index contributed by atoms with van der Waals surface area (Å²) in [5.41, 5.74) is 2.11. The van der Waals surface area contributed by atoms with Crippen LogP contribution in [0.1, 0.15) is 18.5 Å². The van der Waals surface area contributed by atoms with Crippen LogP contribution in [-0.2, 0) is 4.79 Å². The molecule has 0 saturated heterocycles. The Hall–Kier alpha value is -3.00. The van der Waals surface area contributed by atoms with Crippen LogP contribution >= 0.6 is 15.9 Å². The topological polar surface area (TPSA) is 88.7 Å². The van der Waals surface area contributed by atoms with Crippen molar-refractivity contribution >= 4 is 33.6 Å². The number of carbonyl (C=O) groups is 2. The number of ether oxygens (including phenoxy) is 2. The van der Waals surface area contributed by atoms with Gasteiger partial charge < -0.3 is 25.4 Å². The summed E-state index contributed by atoms with van der Waals surface area (Å²) in [4.78, 5) is 25.2. The zero-order valence-corrected chi connectivity index (χ0v) is 17.2. The molecule has 0 fully saturated rings. The molecule has 7 nitrogen and oxygen atoms in total. The number of halogens is 1. The van der Waals surface area contributed by atoms with Crippen molar-refractivity contribution in [3.63, 3.8) is 0 Å². The van der Waals surface area contributed by atoms with Gasteiger partial charge in [0.25, 0.3) is 5.91 Å². The third-order valence-electron chi connectivity index (χ3n) is 4.36. The number of hydrogen-bond donors (Lipinski definition) is 3. The standard InChI is InChI=1S/C20H20BrN3O4/c1-11-17(19(25)23-13-6-4-12(21)5-7-13)18(24-20(26)22-11)15-10-14(27-2)8-9-16(15)28-3/h4-10,18H,1-3H3,(H,23,25)(H2,22,24,26)/t18-/m1/s1. The first-order valence-electron chi connectivity index (χ1n) is 8.50. The fraction of sp³-hybridized carbons (Fsp3) is 0.200. The lowest BCUT2D eigenvalue weighted by molar-refractivity contribution is -0.113. The highest BCUT2D eigenvalue weighted by Gasteiger charge is 2.33. The third kappa shape index (κ3) is 4.12. The van der Waals surface area contributed by atoms with Crippen molar-refractivity contribution in [3.8, 4) is 11.5 Å². The van der Waals surface area contributed by atoms with E-state index in [2.05, 4.69) is 31.9 Å². The lowest BCUT2D eigenvalue weighted by Crippen LogP contribution is -2.46. The van der Waals surface area contributed by atoms with Crippen molar-refractivity contribution in [3.05, 3.63) is 63.8 Å². The van der Waals surface area contributed by atoms with Gasteiger partial charge in [0.1, 0.15) is 11.5 Å². The Morgan fingerprint density at radius 1 is 1.11 bits per heavy atom. The summed E-state index contributed by atoms with van der Waals surface area (Å²) >= 11 is 3.37. The smallest absolute Gasteiger partial charge is 0.319 e. The predicted molar refractivity (Wildman–Crippen MR) is 109 cm³/mol. The maximum atomic E-state index is 13.1. The Morgan fingerprint density at radius 3 is 2.46 bits per heavy atom. The number of benzene rings is 2. The molecule has 2 aromatic carbocycles. The van der Waals surface area contributed by atoms with Gasteiger partial charge in [-0.15, -0.1) is 0 Å². The highest BCUT2D eigenvalue weighted by atomic mass is 79.9. The number of nitrogens with one attached hydrogen (secondary N) is 3. The molecule has 1 heterocycles. The van der Waals surface area contributed by atoms with Crippen molar-refractivity contribution in [1.82, 2.24) is 10.6 Å². The van der Waals surface area contributed by atoms with Crippen LogP contribution < -0.4 is 25.4 Å². The first-order chi connectivity index (χ1) is 13.4. The molecule has 146 valence electrons. The number of hydrogen-bond acceptors (Lipinski definition) is 4. The number of carbonyl (C=O) groups excluding carboxylic acids is 2. The minimum Gasteiger partial charge on any atom is -0.497 e. The molecule has 0 bridgehead atoms. The largest absolute Gasteiger partial charge is 0.497 e. The van der Waals surface area contributed by atoms with Gasteiger partial charge in [0.05, 0.1) is 25.8 Å². The van der Waals surface area contributed by atoms with E-state index in [0.717, 1.165) is 4.47 Å². The van der Waals surface area contributed by atoms with Crippen molar-refractivity contribution < 1.29 is 19.1 Å². The number of rotatable bonds is 5. The molecule has 3 N–H and O–H groups in total. The zero-order chi connectivity index (χ0) is 20.3. The van der Waals surface area contributed by atoms with E-state index in [1.807, 2.05) is 12.1 Å². The van der Waals surface area contributed by atoms with Crippen LogP contribution in [0.5, 0.6) is 11.5 Å². The van der Waals surface area contributed by atoms with Crippen molar-refractivity contribution in [2.75, 3.05) is 19.5 Å². The van der Waals surface area contributed by atoms with Crippen molar-refractivity contribution in [2.24, 2.45) is 0 Å². The Balaban J connectivity index is 2.01. The summed E-state index contributed by atoms with van der Waals surface area (Å²) in [5, 5.41) is 8.33. The molecule has 0 radical (unpaired) electrons. The molecule has 3 rings (SSSR count). The van der Waals surface area contributed by atoms with E-state index in [-0.39, 0.29) is 5.91 Å². The number of amides is 3. The van der Waals surface area contributed by atoms with E-state index in [0.29, 0.717) is 34.0 Å². The average Bonchev–Trinajstić information content (AvgIpc) is 2.68. The highest BCUT2D eigenvalue weighted by Crippen LogP contribution is 2.35. The van der Waals surface area contributed by atoms with Gasteiger partial charge in [0.15, 0.2) is 0 Å². The Labute approximate surface area is 171 Å². The van der Waals surface area contributed by atoms with E-state index in [1.54, 1.807) is 44.4 Å². The second-order valence-electron chi connectivity index (χ2n) is 6.14. The molecule has 1 aliphatic heterocycles. The van der Waals surface area contributed by atoms with Gasteiger partial charge in [-0.05, 0) is 49.4 Å². The monoisotopic (exact) mass is 445 g/mol. The normalized spacial score (nSPS) is 16.1. The van der Waals surface area contributed by atoms with Gasteiger partial charge in [-0.2, -0.15) is 0 Å². The molecule has 0 saturated carbocycles. The fourth-order valence-corrected chi connectivity index (χ4v) is 3.29. The van der Waals surface area contributed by atoms with Crippen LogP contribution in [0.3, 0.4) is 0 Å². The van der Waals surface area contributed by atoms with Crippen LogP contribution in [-0.4, -0.2) is 26.2 Å². The van der Waals surface area contributed by atoms with Crippen LogP contribution in [0.4, 0.5) is 10.5 Å². The molecular formula is C20H20BrN3O4. The van der Waals surface area contributed by atoms with Crippen molar-refractivity contribution in [1.29, 1.82) is 0 Å². The minimum absolute atomic E-state index is 0.331. The maximum absolute atomic E-state index is 13.1. The summed E-state index contributed by atoms with van der Waals surface area (Å²) in [7, 11) is 3.08. The lowest BCUT2D eigenvalue weighted by Gasteiger charge is -2.29. The van der Waals surface area contributed by atoms with E-state index in [1.165, 1.54) is 7.11 Å². The molecule has 0 aliphatic carbocycles. The highest BCUT2D eigenvalue weighted by molar-refractivity contribution is 9.10. The third-order valence-corrected chi connectivity index (χ3v) is 4.89. The quantitative estimate of drug-likeness (QED) is 0.653. The number of urea groups is 1. The zero-order valence-electron chi connectivity index (χ0n) is 15.6. The van der Waals surface area contributed by atoms with Crippen LogP contribution in [0.2, 0.25) is 0 Å². The van der Waals surface area contributed by atoms with Crippen molar-refractivity contribution in [2.45, 2.75) is 13.0 Å². The van der Waals surface area contributed by atoms with Gasteiger partial charge in [-0.25, -0.2) is 4.79 Å². The van der Waals surface area contributed by atoms with E-state index in [4.69, 9.17) is 9.47 Å². The fourth-order valence-electron chi connectivity index (χ4n) is 3.02. The molecular weight excluding hydrogens is 426 g/mol. The molecule has 3 amide bonds. The molecule has 0 unspecified atom stereocenters. The predicted octanol–water partition coefficient (Wildman–Crippen LogP) is 3.73. The summed E-state index contributed by atoms with van der Waals surface area (Å²) < 4.78 is 11.6. The first-order valence-corrected chi connectivity index (χ1v) is 9.29. The van der Waals surface area contributed by atoms with Crippen LogP contribution in [0.15, 0.2) is 58.2 Å². The van der Waals surface area contributed by atoms with Gasteiger partial charge >= 0.3 is 6.03 Å². The summed E-state index contributed by atoms with van der Waals surface area (Å²) in [6.07, 6.45) is 0. The summed E-state index contributed by atoms with van der Waals surface area (Å²) in [6, 6.07) is 11.4. The molecule has 28 heavy (non-hydrogen) atoms. The van der Waals surface area contributed by atoms with E-state index >= 15 is 0 Å². The molecule has 1 aliphatic rings. The SMILES string of the molecule is COc1ccc(OC)c([C@H]2NC(=O)NC(C)=C2C(=O)Nc2ccc(Br)cc2)c1. The number of allylic oxidation sites excluding steroid dienone is 1. The van der Waals surface area contributed by atoms with Gasteiger partial charge in [-0.1, -0.05) is 15.9 Å². The number of methoxy groups -OCH3 is 2. The molecule has 8 heteroatoms. The van der Waals surface area contributed by atoms with E-state index in [9.17, 15) is 9.59 Å². The van der Waals surface area contributed by atoms with Crippen LogP contribution in [0, 0.1) is 0 Å². The first kappa shape index (κ1) is 19.8. The summed E-state index contributed by atoms with van der Waals surface area (Å²) in [5.74, 6) is 0.797. The van der Waals surface area contributed by atoms with Gasteiger partial charge in [0, 0.05) is 21.4 Å². The Morgan fingerprint density at radius 2 is 1.82 bits per heavy atom. The van der Waals surface area contributed by atoms with E-state index < -0.39 is 12.1 Å². The molecule has 1 atom stereocenters. The second kappa shape index (κ2) is 8.35. The molecule has 2 aromatic rings. The molecule has 0 aromatic heterocycles. The maximum Gasteiger partial charge on any atom is 0.319 e. The molecule has 0 spiro atoms. The van der Waals surface area contributed by atoms with Crippen LogP contribution in [0.25, 0.3) is 0 Å². The number of anilines is 1. The summed E-state index contributed by atoms with van der Waals surface area (Å²) in [6.45, 7) is 1.69. The van der Waals surface area contributed by atoms with Gasteiger partial charge in [0.2, 0.25) is 0 Å². The Bertz CT molecular complexity index is 941. The average molecular weight is 446 g/mol. The second-order valence-corrected chi connectivity index (χ2v) is 7.05. The minimum atomic E-state index is -0.700.